The highest BCUT2D eigenvalue weighted by Gasteiger charge is 2.40. The number of nitrogens with zero attached hydrogens (tertiary/aromatic N) is 2. The quantitative estimate of drug-likeness (QED) is 0.436. The summed E-state index contributed by atoms with van der Waals surface area (Å²) < 4.78 is 0. The maximum Gasteiger partial charge on any atom is 0.289 e. The molecule has 1 saturated carbocycles. The van der Waals surface area contributed by atoms with E-state index in [4.69, 9.17) is 0 Å². The minimum atomic E-state index is -0.914. The van der Waals surface area contributed by atoms with Crippen LogP contribution >= 0.6 is 0 Å². The number of amides is 3. The van der Waals surface area contributed by atoms with Crippen molar-refractivity contribution in [2.75, 3.05) is 6.54 Å². The van der Waals surface area contributed by atoms with Gasteiger partial charge in [0.1, 0.15) is 17.8 Å². The van der Waals surface area contributed by atoms with E-state index in [0.29, 0.717) is 24.9 Å². The predicted octanol–water partition coefficient (Wildman–Crippen LogP) is 3.58. The minimum absolute atomic E-state index is 0.0142. The Morgan fingerprint density at radius 1 is 0.846 bits per heavy atom. The van der Waals surface area contributed by atoms with Crippen molar-refractivity contribution in [3.8, 4) is 0 Å². The first kappa shape index (κ1) is 26.5. The van der Waals surface area contributed by atoms with E-state index >= 15 is 0 Å². The lowest BCUT2D eigenvalue weighted by Crippen LogP contribution is -2.55. The number of carbonyl (C=O) groups is 4. The third kappa shape index (κ3) is 6.33. The number of benzene rings is 2. The van der Waals surface area contributed by atoms with Crippen molar-refractivity contribution in [3.05, 3.63) is 78.0 Å². The van der Waals surface area contributed by atoms with Gasteiger partial charge in [0.15, 0.2) is 0 Å². The molecule has 1 aromatic heterocycles. The van der Waals surface area contributed by atoms with Gasteiger partial charge in [-0.05, 0) is 43.4 Å². The van der Waals surface area contributed by atoms with Crippen LogP contribution in [0.4, 0.5) is 0 Å². The van der Waals surface area contributed by atoms with Gasteiger partial charge in [0, 0.05) is 24.4 Å². The molecule has 2 heterocycles. The number of ketones is 1. The molecule has 1 unspecified atom stereocenters. The number of Topliss-reactive ketones (excluding diaryl/α,β-unsaturated/α-hetero) is 1. The summed E-state index contributed by atoms with van der Waals surface area (Å²) in [6, 6.07) is 18.7. The van der Waals surface area contributed by atoms with Gasteiger partial charge in [-0.25, -0.2) is 4.98 Å². The minimum Gasteiger partial charge on any atom is -0.347 e. The molecule has 2 N–H and O–H groups in total. The zero-order valence-corrected chi connectivity index (χ0v) is 22.0. The fourth-order valence-electron chi connectivity index (χ4n) is 5.63. The Labute approximate surface area is 228 Å². The number of para-hydroxylation sites is 1. The van der Waals surface area contributed by atoms with Crippen LogP contribution in [0.3, 0.4) is 0 Å². The molecular weight excluding hydrogens is 492 g/mol. The number of aromatic nitrogens is 1. The normalized spacial score (nSPS) is 18.5. The lowest BCUT2D eigenvalue weighted by Gasteiger charge is -2.29. The van der Waals surface area contributed by atoms with Crippen molar-refractivity contribution in [1.29, 1.82) is 0 Å². The molecule has 0 bridgehead atoms. The average Bonchev–Trinajstić information content (AvgIpc) is 3.47. The van der Waals surface area contributed by atoms with E-state index in [1.807, 2.05) is 60.7 Å². The number of nitrogens with one attached hydrogen (secondary N) is 2. The van der Waals surface area contributed by atoms with E-state index in [2.05, 4.69) is 15.6 Å². The van der Waals surface area contributed by atoms with Gasteiger partial charge in [-0.15, -0.1) is 0 Å². The van der Waals surface area contributed by atoms with E-state index in [-0.39, 0.29) is 24.1 Å². The van der Waals surface area contributed by atoms with Crippen molar-refractivity contribution in [2.45, 2.75) is 69.5 Å². The Bertz CT molecular complexity index is 1350. The van der Waals surface area contributed by atoms with Gasteiger partial charge >= 0.3 is 0 Å². The standard InChI is InChI=1S/C31H34N4O4/c36-28(30(38)32-23-13-5-2-6-14-23)27-16-9-19-35(27)31(39)26(20-21-10-3-1-4-11-21)34-29(37)25-18-17-22-12-7-8-15-24(22)33-25/h1,3-4,7-8,10-12,15,17-18,23,26-27H,2,5-6,9,13-14,16,19-20H2,(H,32,38)(H,34,37)/t26-,27?/m0/s1. The number of fused-ring (bicyclic) bond motifs is 1. The zero-order chi connectivity index (χ0) is 27.2. The Balaban J connectivity index is 1.33. The molecule has 5 rings (SSSR count). The second kappa shape index (κ2) is 12.2. The van der Waals surface area contributed by atoms with E-state index in [1.165, 1.54) is 4.90 Å². The summed E-state index contributed by atoms with van der Waals surface area (Å²) in [5.41, 5.74) is 1.77. The van der Waals surface area contributed by atoms with Crippen LogP contribution in [-0.4, -0.2) is 58.1 Å². The van der Waals surface area contributed by atoms with Crippen molar-refractivity contribution < 1.29 is 19.2 Å². The van der Waals surface area contributed by atoms with Gasteiger partial charge in [-0.2, -0.15) is 0 Å². The molecular formula is C31H34N4O4. The molecule has 3 amide bonds. The lowest BCUT2D eigenvalue weighted by molar-refractivity contribution is -0.145. The van der Waals surface area contributed by atoms with Crippen LogP contribution in [0.2, 0.25) is 0 Å². The number of likely N-dealkylation sites (tertiary alicyclic amines) is 1. The smallest absolute Gasteiger partial charge is 0.289 e. The second-order valence-corrected chi connectivity index (χ2v) is 10.5. The molecule has 0 spiro atoms. The first-order valence-electron chi connectivity index (χ1n) is 13.9. The second-order valence-electron chi connectivity index (χ2n) is 10.5. The molecule has 202 valence electrons. The maximum absolute atomic E-state index is 13.9. The molecule has 2 aliphatic rings. The largest absolute Gasteiger partial charge is 0.347 e. The predicted molar refractivity (Wildman–Crippen MR) is 148 cm³/mol. The molecule has 0 radical (unpaired) electrons. The third-order valence-corrected chi connectivity index (χ3v) is 7.72. The molecule has 3 aromatic rings. The van der Waals surface area contributed by atoms with Gasteiger partial charge in [-0.3, -0.25) is 19.2 Å². The monoisotopic (exact) mass is 526 g/mol. The summed E-state index contributed by atoms with van der Waals surface area (Å²) in [4.78, 5) is 59.1. The van der Waals surface area contributed by atoms with Crippen molar-refractivity contribution in [1.82, 2.24) is 20.5 Å². The van der Waals surface area contributed by atoms with E-state index in [1.54, 1.807) is 6.07 Å². The molecule has 39 heavy (non-hydrogen) atoms. The summed E-state index contributed by atoms with van der Waals surface area (Å²) in [6.45, 7) is 0.362. The average molecular weight is 527 g/mol. The SMILES string of the molecule is O=C(NC1CCCCC1)C(=O)C1CCCN1C(=O)[C@H](Cc1ccccc1)NC(=O)c1ccc2ccccc2n1. The van der Waals surface area contributed by atoms with Crippen LogP contribution in [0.1, 0.15) is 61.0 Å². The van der Waals surface area contributed by atoms with E-state index in [0.717, 1.165) is 43.1 Å². The van der Waals surface area contributed by atoms with Crippen molar-refractivity contribution in [3.63, 3.8) is 0 Å². The summed E-state index contributed by atoms with van der Waals surface area (Å²) in [7, 11) is 0. The van der Waals surface area contributed by atoms with Crippen LogP contribution in [0.5, 0.6) is 0 Å². The molecule has 8 nitrogen and oxygen atoms in total. The van der Waals surface area contributed by atoms with E-state index < -0.39 is 29.7 Å². The van der Waals surface area contributed by atoms with Crippen molar-refractivity contribution in [2.24, 2.45) is 0 Å². The summed E-state index contributed by atoms with van der Waals surface area (Å²) in [6.07, 6.45) is 6.29. The van der Waals surface area contributed by atoms with Crippen LogP contribution < -0.4 is 10.6 Å². The van der Waals surface area contributed by atoms with Gasteiger partial charge in [0.2, 0.25) is 11.7 Å². The maximum atomic E-state index is 13.9. The van der Waals surface area contributed by atoms with E-state index in [9.17, 15) is 19.2 Å². The molecule has 1 aliphatic carbocycles. The first-order valence-corrected chi connectivity index (χ1v) is 13.9. The zero-order valence-electron chi connectivity index (χ0n) is 22.0. The number of rotatable bonds is 8. The van der Waals surface area contributed by atoms with Gasteiger partial charge in [-0.1, -0.05) is 73.9 Å². The summed E-state index contributed by atoms with van der Waals surface area (Å²) in [5.74, 6) is -2.02. The highest BCUT2D eigenvalue weighted by Crippen LogP contribution is 2.22. The van der Waals surface area contributed by atoms with Gasteiger partial charge < -0.3 is 15.5 Å². The number of hydrogen-bond acceptors (Lipinski definition) is 5. The van der Waals surface area contributed by atoms with Gasteiger partial charge in [0.05, 0.1) is 5.52 Å². The summed E-state index contributed by atoms with van der Waals surface area (Å²) in [5, 5.41) is 6.67. The van der Waals surface area contributed by atoms with Crippen LogP contribution in [0.15, 0.2) is 66.7 Å². The molecule has 1 saturated heterocycles. The molecule has 2 aromatic carbocycles. The third-order valence-electron chi connectivity index (χ3n) is 7.72. The van der Waals surface area contributed by atoms with Crippen LogP contribution in [0.25, 0.3) is 10.9 Å². The molecule has 2 atom stereocenters. The highest BCUT2D eigenvalue weighted by atomic mass is 16.2. The summed E-state index contributed by atoms with van der Waals surface area (Å²) >= 11 is 0. The fourth-order valence-corrected chi connectivity index (χ4v) is 5.63. The molecule has 1 aliphatic heterocycles. The highest BCUT2D eigenvalue weighted by molar-refractivity contribution is 6.38. The Morgan fingerprint density at radius 2 is 1.59 bits per heavy atom. The molecule has 8 heteroatoms. The number of carbonyl (C=O) groups excluding carboxylic acids is 4. The fraction of sp³-hybridized carbons (Fsp3) is 0.387. The van der Waals surface area contributed by atoms with Crippen LogP contribution in [0, 0.1) is 0 Å². The van der Waals surface area contributed by atoms with Crippen molar-refractivity contribution >= 4 is 34.4 Å². The Kier molecular flexibility index (Phi) is 8.30. The number of hydrogen-bond donors (Lipinski definition) is 2. The first-order chi connectivity index (χ1) is 19.0. The van der Waals surface area contributed by atoms with Crippen LogP contribution in [-0.2, 0) is 20.8 Å². The lowest BCUT2D eigenvalue weighted by atomic mass is 9.95. The van der Waals surface area contributed by atoms with Gasteiger partial charge in [0.25, 0.3) is 11.8 Å². The molecule has 2 fully saturated rings. The topological polar surface area (TPSA) is 108 Å². The Morgan fingerprint density at radius 3 is 2.38 bits per heavy atom. The Hall–Kier alpha value is -4.07. The number of pyridine rings is 1.